The average molecular weight is 327 g/mol. The van der Waals surface area contributed by atoms with Crippen molar-refractivity contribution in [2.75, 3.05) is 33.3 Å². The first-order valence-electron chi connectivity index (χ1n) is 6.41. The molecule has 0 saturated carbocycles. The highest BCUT2D eigenvalue weighted by Crippen LogP contribution is 2.19. The largest absolute Gasteiger partial charge is 0.374 e. The zero-order valence-electron chi connectivity index (χ0n) is 11.3. The molecule has 2 rings (SSSR count). The number of likely N-dealkylation sites (N-methyl/N-ethyl adjacent to an activating group) is 1. The molecule has 1 N–H and O–H groups in total. The number of hydrogen-bond acceptors (Lipinski definition) is 3. The summed E-state index contributed by atoms with van der Waals surface area (Å²) in [5.41, 5.74) is 1.67. The van der Waals surface area contributed by atoms with Crippen molar-refractivity contribution >= 4 is 21.8 Å². The number of morpholine rings is 1. The molecule has 0 aromatic heterocycles. The van der Waals surface area contributed by atoms with Crippen molar-refractivity contribution in [3.05, 3.63) is 33.8 Å². The van der Waals surface area contributed by atoms with Gasteiger partial charge in [0.15, 0.2) is 0 Å². The van der Waals surface area contributed by atoms with Crippen LogP contribution in [-0.4, -0.2) is 50.2 Å². The minimum atomic E-state index is -0.0457. The molecule has 104 valence electrons. The number of ether oxygens (including phenoxy) is 1. The second-order valence-electron chi connectivity index (χ2n) is 4.88. The molecule has 1 heterocycles. The van der Waals surface area contributed by atoms with Crippen molar-refractivity contribution in [2.24, 2.45) is 0 Å². The lowest BCUT2D eigenvalue weighted by Crippen LogP contribution is -2.46. The predicted octanol–water partition coefficient (Wildman–Crippen LogP) is 1.82. The van der Waals surface area contributed by atoms with E-state index >= 15 is 0 Å². The second-order valence-corrected chi connectivity index (χ2v) is 5.73. The molecule has 0 spiro atoms. The van der Waals surface area contributed by atoms with Gasteiger partial charge in [0, 0.05) is 29.7 Å². The van der Waals surface area contributed by atoms with E-state index in [9.17, 15) is 4.79 Å². The number of benzene rings is 1. The van der Waals surface area contributed by atoms with E-state index in [1.165, 1.54) is 0 Å². The van der Waals surface area contributed by atoms with Crippen LogP contribution in [0.2, 0.25) is 0 Å². The zero-order valence-corrected chi connectivity index (χ0v) is 12.9. The first kappa shape index (κ1) is 14.5. The van der Waals surface area contributed by atoms with Crippen LogP contribution in [-0.2, 0) is 4.74 Å². The van der Waals surface area contributed by atoms with Crippen LogP contribution >= 0.6 is 15.9 Å². The maximum Gasteiger partial charge on any atom is 0.251 e. The summed E-state index contributed by atoms with van der Waals surface area (Å²) >= 11 is 3.44. The molecule has 1 unspecified atom stereocenters. The van der Waals surface area contributed by atoms with Gasteiger partial charge in [-0.25, -0.2) is 0 Å². The summed E-state index contributed by atoms with van der Waals surface area (Å²) < 4.78 is 6.58. The van der Waals surface area contributed by atoms with Crippen molar-refractivity contribution < 1.29 is 9.53 Å². The third-order valence-electron chi connectivity index (χ3n) is 3.34. The van der Waals surface area contributed by atoms with Crippen LogP contribution in [0.4, 0.5) is 0 Å². The van der Waals surface area contributed by atoms with Gasteiger partial charge in [-0.2, -0.15) is 0 Å². The Morgan fingerprint density at radius 1 is 1.58 bits per heavy atom. The Bertz CT molecular complexity index is 465. The summed E-state index contributed by atoms with van der Waals surface area (Å²) in [6.45, 7) is 5.03. The summed E-state index contributed by atoms with van der Waals surface area (Å²) in [7, 11) is 2.07. The molecular formula is C14H19BrN2O2. The molecule has 1 amide bonds. The van der Waals surface area contributed by atoms with Crippen molar-refractivity contribution in [3.63, 3.8) is 0 Å². The topological polar surface area (TPSA) is 41.6 Å². The van der Waals surface area contributed by atoms with E-state index in [0.717, 1.165) is 29.7 Å². The fourth-order valence-corrected chi connectivity index (χ4v) is 2.51. The van der Waals surface area contributed by atoms with Crippen LogP contribution in [0.15, 0.2) is 22.7 Å². The molecule has 1 saturated heterocycles. The highest BCUT2D eigenvalue weighted by molar-refractivity contribution is 9.10. The minimum Gasteiger partial charge on any atom is -0.374 e. The summed E-state index contributed by atoms with van der Waals surface area (Å²) in [6, 6.07) is 5.64. The highest BCUT2D eigenvalue weighted by atomic mass is 79.9. The van der Waals surface area contributed by atoms with E-state index in [1.807, 2.05) is 25.1 Å². The fraction of sp³-hybridized carbons (Fsp3) is 0.500. The molecule has 0 aliphatic carbocycles. The van der Waals surface area contributed by atoms with Gasteiger partial charge < -0.3 is 15.0 Å². The number of nitrogens with one attached hydrogen (secondary N) is 1. The summed E-state index contributed by atoms with van der Waals surface area (Å²) in [6.07, 6.45) is 0.0789. The Morgan fingerprint density at radius 2 is 2.37 bits per heavy atom. The Balaban J connectivity index is 1.92. The lowest BCUT2D eigenvalue weighted by Gasteiger charge is -2.30. The van der Waals surface area contributed by atoms with E-state index in [0.29, 0.717) is 12.1 Å². The number of amides is 1. The molecule has 0 radical (unpaired) electrons. The van der Waals surface area contributed by atoms with Crippen LogP contribution in [0.1, 0.15) is 15.9 Å². The standard InChI is InChI=1S/C14H19BrN2O2/c1-10-12(4-3-5-13(10)15)14(18)16-8-11-9-17(2)6-7-19-11/h3-5,11H,6-9H2,1-2H3,(H,16,18). The van der Waals surface area contributed by atoms with Gasteiger partial charge in [-0.05, 0) is 31.7 Å². The lowest BCUT2D eigenvalue weighted by molar-refractivity contribution is -0.0175. The molecule has 4 nitrogen and oxygen atoms in total. The molecule has 1 aliphatic heterocycles. The Labute approximate surface area is 122 Å². The molecule has 0 bridgehead atoms. The van der Waals surface area contributed by atoms with Gasteiger partial charge >= 0.3 is 0 Å². The van der Waals surface area contributed by atoms with Crippen molar-refractivity contribution in [2.45, 2.75) is 13.0 Å². The quantitative estimate of drug-likeness (QED) is 0.921. The summed E-state index contributed by atoms with van der Waals surface area (Å²) in [5, 5.41) is 2.95. The molecule has 1 fully saturated rings. The van der Waals surface area contributed by atoms with Crippen molar-refractivity contribution in [3.8, 4) is 0 Å². The molecule has 1 atom stereocenters. The monoisotopic (exact) mass is 326 g/mol. The molecule has 19 heavy (non-hydrogen) atoms. The molecular weight excluding hydrogens is 308 g/mol. The number of hydrogen-bond donors (Lipinski definition) is 1. The fourth-order valence-electron chi connectivity index (χ4n) is 2.15. The van der Waals surface area contributed by atoms with Gasteiger partial charge in [0.05, 0.1) is 12.7 Å². The van der Waals surface area contributed by atoms with E-state index in [2.05, 4.69) is 33.2 Å². The van der Waals surface area contributed by atoms with Crippen LogP contribution < -0.4 is 5.32 Å². The first-order chi connectivity index (χ1) is 9.08. The number of rotatable bonds is 3. The Kier molecular flexibility index (Phi) is 4.96. The van der Waals surface area contributed by atoms with E-state index < -0.39 is 0 Å². The van der Waals surface area contributed by atoms with Gasteiger partial charge in [-0.15, -0.1) is 0 Å². The van der Waals surface area contributed by atoms with Crippen LogP contribution in [0, 0.1) is 6.92 Å². The SMILES string of the molecule is Cc1c(Br)cccc1C(=O)NCC1CN(C)CCO1. The van der Waals surface area contributed by atoms with Crippen LogP contribution in [0.25, 0.3) is 0 Å². The normalized spacial score (nSPS) is 20.3. The van der Waals surface area contributed by atoms with Crippen molar-refractivity contribution in [1.29, 1.82) is 0 Å². The van der Waals surface area contributed by atoms with Gasteiger partial charge in [0.2, 0.25) is 0 Å². The third-order valence-corrected chi connectivity index (χ3v) is 4.20. The van der Waals surface area contributed by atoms with E-state index in [4.69, 9.17) is 4.74 Å². The number of halogens is 1. The third kappa shape index (κ3) is 3.78. The zero-order chi connectivity index (χ0) is 13.8. The second kappa shape index (κ2) is 6.50. The molecule has 5 heteroatoms. The lowest BCUT2D eigenvalue weighted by atomic mass is 10.1. The highest BCUT2D eigenvalue weighted by Gasteiger charge is 2.19. The van der Waals surface area contributed by atoms with Gasteiger partial charge in [-0.3, -0.25) is 4.79 Å². The number of carbonyl (C=O) groups excluding carboxylic acids is 1. The maximum absolute atomic E-state index is 12.1. The number of carbonyl (C=O) groups is 1. The van der Waals surface area contributed by atoms with E-state index in [1.54, 1.807) is 0 Å². The Morgan fingerprint density at radius 3 is 3.11 bits per heavy atom. The number of nitrogens with zero attached hydrogens (tertiary/aromatic N) is 1. The Hall–Kier alpha value is -0.910. The summed E-state index contributed by atoms with van der Waals surface area (Å²) in [4.78, 5) is 14.4. The van der Waals surface area contributed by atoms with Crippen molar-refractivity contribution in [1.82, 2.24) is 10.2 Å². The average Bonchev–Trinajstić information content (AvgIpc) is 2.39. The maximum atomic E-state index is 12.1. The summed E-state index contributed by atoms with van der Waals surface area (Å²) in [5.74, 6) is -0.0457. The minimum absolute atomic E-state index is 0.0457. The molecule has 1 aromatic carbocycles. The van der Waals surface area contributed by atoms with Crippen LogP contribution in [0.5, 0.6) is 0 Å². The molecule has 1 aliphatic rings. The molecule has 1 aromatic rings. The van der Waals surface area contributed by atoms with Gasteiger partial charge in [-0.1, -0.05) is 22.0 Å². The van der Waals surface area contributed by atoms with Gasteiger partial charge in [0.25, 0.3) is 5.91 Å². The van der Waals surface area contributed by atoms with E-state index in [-0.39, 0.29) is 12.0 Å². The van der Waals surface area contributed by atoms with Crippen LogP contribution in [0.3, 0.4) is 0 Å². The predicted molar refractivity (Wildman–Crippen MR) is 78.4 cm³/mol. The first-order valence-corrected chi connectivity index (χ1v) is 7.20. The smallest absolute Gasteiger partial charge is 0.251 e. The van der Waals surface area contributed by atoms with Gasteiger partial charge in [0.1, 0.15) is 0 Å².